The van der Waals surface area contributed by atoms with Gasteiger partial charge in [-0.3, -0.25) is 4.98 Å². The van der Waals surface area contributed by atoms with Crippen LogP contribution in [0.25, 0.3) is 21.6 Å². The first kappa shape index (κ1) is 13.3. The van der Waals surface area contributed by atoms with Crippen molar-refractivity contribution in [2.75, 3.05) is 11.9 Å². The molecule has 0 radical (unpaired) electrons. The molecule has 2 heterocycles. The third-order valence-electron chi connectivity index (χ3n) is 2.85. The van der Waals surface area contributed by atoms with Gasteiger partial charge in [-0.2, -0.15) is 0 Å². The standard InChI is InChI=1S/C14H13ClN4S/c1-2-5-17-13-10-6-9(15)3-4-11(10)18-14(19-13)12-7-16-8-20-12/h3-4,6-8H,2,5H2,1H3,(H,17,18,19). The van der Waals surface area contributed by atoms with E-state index in [9.17, 15) is 0 Å². The van der Waals surface area contributed by atoms with Crippen molar-refractivity contribution in [2.24, 2.45) is 0 Å². The SMILES string of the molecule is CCCNc1nc(-c2cncs2)nc2ccc(Cl)cc12. The van der Waals surface area contributed by atoms with Gasteiger partial charge in [0.15, 0.2) is 5.82 Å². The maximum absolute atomic E-state index is 6.07. The number of fused-ring (bicyclic) bond motifs is 1. The highest BCUT2D eigenvalue weighted by molar-refractivity contribution is 7.13. The second-order valence-electron chi connectivity index (χ2n) is 4.35. The molecule has 20 heavy (non-hydrogen) atoms. The van der Waals surface area contributed by atoms with Crippen molar-refractivity contribution in [3.8, 4) is 10.7 Å². The van der Waals surface area contributed by atoms with E-state index in [0.717, 1.165) is 34.6 Å². The Morgan fingerprint density at radius 2 is 2.20 bits per heavy atom. The molecule has 102 valence electrons. The first-order valence-electron chi connectivity index (χ1n) is 6.38. The Kier molecular flexibility index (Phi) is 3.80. The van der Waals surface area contributed by atoms with Crippen molar-refractivity contribution in [2.45, 2.75) is 13.3 Å². The van der Waals surface area contributed by atoms with E-state index in [4.69, 9.17) is 11.6 Å². The Labute approximate surface area is 125 Å². The maximum Gasteiger partial charge on any atom is 0.173 e. The number of anilines is 1. The molecule has 3 aromatic rings. The summed E-state index contributed by atoms with van der Waals surface area (Å²) in [5.74, 6) is 1.52. The summed E-state index contributed by atoms with van der Waals surface area (Å²) in [4.78, 5) is 14.2. The Balaban J connectivity index is 2.17. The minimum Gasteiger partial charge on any atom is -0.369 e. The predicted molar refractivity (Wildman–Crippen MR) is 84.4 cm³/mol. The number of benzene rings is 1. The van der Waals surface area contributed by atoms with Crippen LogP contribution in [0.2, 0.25) is 5.02 Å². The summed E-state index contributed by atoms with van der Waals surface area (Å²) in [5.41, 5.74) is 2.66. The molecule has 0 fully saturated rings. The molecule has 0 spiro atoms. The minimum absolute atomic E-state index is 0.686. The van der Waals surface area contributed by atoms with Gasteiger partial charge in [-0.25, -0.2) is 9.97 Å². The molecule has 1 N–H and O–H groups in total. The third kappa shape index (κ3) is 2.59. The van der Waals surface area contributed by atoms with E-state index in [2.05, 4.69) is 27.2 Å². The number of nitrogens with one attached hydrogen (secondary N) is 1. The van der Waals surface area contributed by atoms with Crippen molar-refractivity contribution in [3.63, 3.8) is 0 Å². The van der Waals surface area contributed by atoms with Crippen molar-refractivity contribution in [1.29, 1.82) is 0 Å². The van der Waals surface area contributed by atoms with Crippen LogP contribution >= 0.6 is 22.9 Å². The Hall–Kier alpha value is -1.72. The van der Waals surface area contributed by atoms with Gasteiger partial charge in [-0.05, 0) is 24.6 Å². The summed E-state index contributed by atoms with van der Waals surface area (Å²) in [6, 6.07) is 5.66. The van der Waals surface area contributed by atoms with Crippen LogP contribution in [-0.2, 0) is 0 Å². The predicted octanol–water partition coefficient (Wildman–Crippen LogP) is 4.23. The fourth-order valence-corrected chi connectivity index (χ4v) is 2.64. The van der Waals surface area contributed by atoms with Crippen LogP contribution < -0.4 is 5.32 Å². The lowest BCUT2D eigenvalue weighted by molar-refractivity contribution is 0.970. The van der Waals surface area contributed by atoms with Crippen LogP contribution in [0.4, 0.5) is 5.82 Å². The first-order chi connectivity index (χ1) is 9.78. The van der Waals surface area contributed by atoms with E-state index < -0.39 is 0 Å². The third-order valence-corrected chi connectivity index (χ3v) is 3.86. The smallest absolute Gasteiger partial charge is 0.173 e. The zero-order chi connectivity index (χ0) is 13.9. The molecule has 0 saturated carbocycles. The van der Waals surface area contributed by atoms with Gasteiger partial charge in [0.05, 0.1) is 15.9 Å². The summed E-state index contributed by atoms with van der Waals surface area (Å²) in [6.07, 6.45) is 2.81. The molecular formula is C14H13ClN4S. The van der Waals surface area contributed by atoms with Gasteiger partial charge in [0.25, 0.3) is 0 Å². The molecule has 0 unspecified atom stereocenters. The molecule has 3 rings (SSSR count). The molecule has 0 aliphatic heterocycles. The lowest BCUT2D eigenvalue weighted by Crippen LogP contribution is -2.04. The summed E-state index contributed by atoms with van der Waals surface area (Å²) in [7, 11) is 0. The molecule has 0 atom stereocenters. The molecule has 0 bridgehead atoms. The van der Waals surface area contributed by atoms with Gasteiger partial charge < -0.3 is 5.32 Å². The van der Waals surface area contributed by atoms with E-state index in [1.54, 1.807) is 11.7 Å². The molecule has 1 aromatic carbocycles. The largest absolute Gasteiger partial charge is 0.369 e. The van der Waals surface area contributed by atoms with Gasteiger partial charge in [0, 0.05) is 23.2 Å². The van der Waals surface area contributed by atoms with Crippen molar-refractivity contribution >= 4 is 39.7 Å². The number of aromatic nitrogens is 3. The average molecular weight is 305 g/mol. The van der Waals surface area contributed by atoms with Crippen LogP contribution in [0.5, 0.6) is 0 Å². The summed E-state index contributed by atoms with van der Waals surface area (Å²) < 4.78 is 0. The highest BCUT2D eigenvalue weighted by Gasteiger charge is 2.10. The normalized spacial score (nSPS) is 10.9. The van der Waals surface area contributed by atoms with E-state index in [1.165, 1.54) is 11.3 Å². The van der Waals surface area contributed by atoms with E-state index in [-0.39, 0.29) is 0 Å². The Morgan fingerprint density at radius 1 is 1.30 bits per heavy atom. The van der Waals surface area contributed by atoms with Crippen LogP contribution in [0, 0.1) is 0 Å². The van der Waals surface area contributed by atoms with Crippen molar-refractivity contribution < 1.29 is 0 Å². The number of rotatable bonds is 4. The van der Waals surface area contributed by atoms with Gasteiger partial charge in [0.2, 0.25) is 0 Å². The van der Waals surface area contributed by atoms with Crippen molar-refractivity contribution in [1.82, 2.24) is 15.0 Å². The summed E-state index contributed by atoms with van der Waals surface area (Å²) in [5, 5.41) is 4.97. The highest BCUT2D eigenvalue weighted by Crippen LogP contribution is 2.28. The van der Waals surface area contributed by atoms with Crippen LogP contribution in [-0.4, -0.2) is 21.5 Å². The Bertz CT molecular complexity index is 727. The maximum atomic E-state index is 6.07. The lowest BCUT2D eigenvalue weighted by atomic mass is 10.2. The molecule has 0 aliphatic rings. The van der Waals surface area contributed by atoms with E-state index in [1.807, 2.05) is 18.2 Å². The van der Waals surface area contributed by atoms with E-state index in [0.29, 0.717) is 10.8 Å². The summed E-state index contributed by atoms with van der Waals surface area (Å²) >= 11 is 7.60. The lowest BCUT2D eigenvalue weighted by Gasteiger charge is -2.09. The number of halogens is 1. The Morgan fingerprint density at radius 3 is 2.95 bits per heavy atom. The molecule has 4 nitrogen and oxygen atoms in total. The quantitative estimate of drug-likeness (QED) is 0.783. The fourth-order valence-electron chi connectivity index (χ4n) is 1.92. The molecule has 0 saturated heterocycles. The monoisotopic (exact) mass is 304 g/mol. The van der Waals surface area contributed by atoms with Crippen LogP contribution in [0.1, 0.15) is 13.3 Å². The molecule has 2 aromatic heterocycles. The summed E-state index contributed by atoms with van der Waals surface area (Å²) in [6.45, 7) is 2.98. The van der Waals surface area contributed by atoms with Gasteiger partial charge in [-0.15, -0.1) is 11.3 Å². The first-order valence-corrected chi connectivity index (χ1v) is 7.63. The topological polar surface area (TPSA) is 50.7 Å². The number of hydrogen-bond donors (Lipinski definition) is 1. The molecule has 0 aliphatic carbocycles. The second kappa shape index (κ2) is 5.73. The molecule has 6 heteroatoms. The average Bonchev–Trinajstić information content (AvgIpc) is 2.99. The fraction of sp³-hybridized carbons (Fsp3) is 0.214. The zero-order valence-electron chi connectivity index (χ0n) is 10.9. The van der Waals surface area contributed by atoms with Crippen LogP contribution in [0.3, 0.4) is 0 Å². The number of nitrogens with zero attached hydrogens (tertiary/aromatic N) is 3. The minimum atomic E-state index is 0.686. The van der Waals surface area contributed by atoms with Gasteiger partial charge >= 0.3 is 0 Å². The van der Waals surface area contributed by atoms with Gasteiger partial charge in [-0.1, -0.05) is 18.5 Å². The highest BCUT2D eigenvalue weighted by atomic mass is 35.5. The number of thiazole rings is 1. The molecule has 0 amide bonds. The van der Waals surface area contributed by atoms with Gasteiger partial charge in [0.1, 0.15) is 5.82 Å². The second-order valence-corrected chi connectivity index (χ2v) is 5.67. The van der Waals surface area contributed by atoms with Crippen LogP contribution in [0.15, 0.2) is 29.9 Å². The molecular weight excluding hydrogens is 292 g/mol. The van der Waals surface area contributed by atoms with Crippen molar-refractivity contribution in [3.05, 3.63) is 34.9 Å². The zero-order valence-corrected chi connectivity index (χ0v) is 12.5. The number of hydrogen-bond acceptors (Lipinski definition) is 5. The van der Waals surface area contributed by atoms with E-state index >= 15 is 0 Å².